The molecule has 0 aliphatic heterocycles. The molecule has 0 aliphatic rings. The number of carboxylic acids is 1. The van der Waals surface area contributed by atoms with Gasteiger partial charge in [0, 0.05) is 10.6 Å². The fourth-order valence-electron chi connectivity index (χ4n) is 1.58. The molecule has 0 fully saturated rings. The van der Waals surface area contributed by atoms with E-state index < -0.39 is 5.97 Å². The maximum Gasteiger partial charge on any atom is 0.336 e. The summed E-state index contributed by atoms with van der Waals surface area (Å²) in [6.07, 6.45) is 0. The average molecular weight is 279 g/mol. The Morgan fingerprint density at radius 3 is 2.47 bits per heavy atom. The second kappa shape index (κ2) is 5.63. The number of hydrogen-bond donors (Lipinski definition) is 2. The summed E-state index contributed by atoms with van der Waals surface area (Å²) in [7, 11) is 0. The minimum absolute atomic E-state index is 0.115. The van der Waals surface area contributed by atoms with Gasteiger partial charge >= 0.3 is 5.97 Å². The topological polar surface area (TPSA) is 66.8 Å². The van der Waals surface area contributed by atoms with Crippen LogP contribution >= 0.6 is 11.6 Å². The van der Waals surface area contributed by atoms with E-state index in [0.717, 1.165) is 0 Å². The summed E-state index contributed by atoms with van der Waals surface area (Å²) in [5.74, 6) is -0.360. The summed E-state index contributed by atoms with van der Waals surface area (Å²) in [6, 6.07) is 10.8. The molecule has 98 valence electrons. The maximum atomic E-state index is 11.1. The van der Waals surface area contributed by atoms with Crippen LogP contribution in [0.3, 0.4) is 0 Å². The normalized spacial score (nSPS) is 10.2. The van der Waals surface area contributed by atoms with Gasteiger partial charge in [0.15, 0.2) is 0 Å². The Balaban J connectivity index is 2.15. The van der Waals surface area contributed by atoms with Crippen molar-refractivity contribution in [3.63, 3.8) is 0 Å². The van der Waals surface area contributed by atoms with Gasteiger partial charge in [0.2, 0.25) is 0 Å². The van der Waals surface area contributed by atoms with Crippen LogP contribution in [0.25, 0.3) is 0 Å². The number of benzene rings is 2. The predicted molar refractivity (Wildman–Crippen MR) is 70.9 cm³/mol. The molecule has 2 N–H and O–H groups in total. The molecular weight excluding hydrogens is 268 g/mol. The van der Waals surface area contributed by atoms with Gasteiger partial charge in [-0.05, 0) is 36.4 Å². The van der Waals surface area contributed by atoms with Crippen molar-refractivity contribution < 1.29 is 19.7 Å². The van der Waals surface area contributed by atoms with Gasteiger partial charge in [-0.3, -0.25) is 0 Å². The van der Waals surface area contributed by atoms with Gasteiger partial charge < -0.3 is 14.9 Å². The molecule has 2 aromatic rings. The highest BCUT2D eigenvalue weighted by Gasteiger charge is 2.11. The van der Waals surface area contributed by atoms with Crippen molar-refractivity contribution in [1.29, 1.82) is 0 Å². The van der Waals surface area contributed by atoms with E-state index >= 15 is 0 Å². The molecule has 0 aromatic heterocycles. The number of rotatable bonds is 4. The largest absolute Gasteiger partial charge is 0.508 e. The van der Waals surface area contributed by atoms with Crippen LogP contribution in [0.15, 0.2) is 42.5 Å². The number of hydrogen-bond acceptors (Lipinski definition) is 3. The maximum absolute atomic E-state index is 11.1. The van der Waals surface area contributed by atoms with E-state index in [1.165, 1.54) is 18.2 Å². The zero-order valence-corrected chi connectivity index (χ0v) is 10.6. The molecule has 0 amide bonds. The summed E-state index contributed by atoms with van der Waals surface area (Å²) in [4.78, 5) is 11.1. The Morgan fingerprint density at radius 1 is 1.16 bits per heavy atom. The van der Waals surface area contributed by atoms with Crippen molar-refractivity contribution >= 4 is 17.6 Å². The lowest BCUT2D eigenvalue weighted by molar-refractivity contribution is 0.0694. The lowest BCUT2D eigenvalue weighted by Crippen LogP contribution is -2.05. The van der Waals surface area contributed by atoms with Gasteiger partial charge in [0.05, 0.1) is 5.56 Å². The van der Waals surface area contributed by atoms with Gasteiger partial charge in [-0.2, -0.15) is 0 Å². The van der Waals surface area contributed by atoms with Crippen molar-refractivity contribution in [2.24, 2.45) is 0 Å². The summed E-state index contributed by atoms with van der Waals surface area (Å²) < 4.78 is 5.46. The van der Waals surface area contributed by atoms with Crippen LogP contribution in [0.2, 0.25) is 5.02 Å². The molecule has 0 spiro atoms. The van der Waals surface area contributed by atoms with Crippen molar-refractivity contribution in [2.75, 3.05) is 0 Å². The Kier molecular flexibility index (Phi) is 3.92. The molecule has 0 aliphatic carbocycles. The van der Waals surface area contributed by atoms with Crippen LogP contribution < -0.4 is 4.74 Å². The SMILES string of the molecule is O=C(O)c1cc(Cl)ccc1COc1ccc(O)cc1. The Bertz CT molecular complexity index is 593. The lowest BCUT2D eigenvalue weighted by atomic mass is 10.1. The van der Waals surface area contributed by atoms with E-state index in [-0.39, 0.29) is 17.9 Å². The molecule has 4 nitrogen and oxygen atoms in total. The van der Waals surface area contributed by atoms with Crippen LogP contribution in [-0.2, 0) is 6.61 Å². The molecule has 0 heterocycles. The fraction of sp³-hybridized carbons (Fsp3) is 0.0714. The minimum Gasteiger partial charge on any atom is -0.508 e. The fourth-order valence-corrected chi connectivity index (χ4v) is 1.75. The minimum atomic E-state index is -1.05. The highest BCUT2D eigenvalue weighted by Crippen LogP contribution is 2.20. The van der Waals surface area contributed by atoms with Gasteiger partial charge in [-0.15, -0.1) is 0 Å². The van der Waals surface area contributed by atoms with Crippen LogP contribution in [0, 0.1) is 0 Å². The first-order chi connectivity index (χ1) is 9.06. The quantitative estimate of drug-likeness (QED) is 0.900. The predicted octanol–water partition coefficient (Wildman–Crippen LogP) is 3.32. The second-order valence-electron chi connectivity index (χ2n) is 3.89. The van der Waals surface area contributed by atoms with Crippen LogP contribution in [-0.4, -0.2) is 16.2 Å². The number of phenols is 1. The molecule has 2 aromatic carbocycles. The zero-order chi connectivity index (χ0) is 13.8. The number of carbonyl (C=O) groups is 1. The summed E-state index contributed by atoms with van der Waals surface area (Å²) >= 11 is 5.76. The third-order valence-electron chi connectivity index (χ3n) is 2.53. The van der Waals surface area contributed by atoms with Crippen LogP contribution in [0.5, 0.6) is 11.5 Å². The summed E-state index contributed by atoms with van der Waals surface area (Å²) in [5, 5.41) is 18.6. The molecule has 0 saturated heterocycles. The number of halogens is 1. The van der Waals surface area contributed by atoms with Gasteiger partial charge in [0.1, 0.15) is 18.1 Å². The lowest BCUT2D eigenvalue weighted by Gasteiger charge is -2.09. The van der Waals surface area contributed by atoms with E-state index in [0.29, 0.717) is 16.3 Å². The Labute approximate surface area is 114 Å². The van der Waals surface area contributed by atoms with E-state index in [4.69, 9.17) is 26.6 Å². The standard InChI is InChI=1S/C14H11ClO4/c15-10-2-1-9(13(7-10)14(17)18)8-19-12-5-3-11(16)4-6-12/h1-7,16H,8H2,(H,17,18). The molecule has 5 heteroatoms. The first kappa shape index (κ1) is 13.2. The average Bonchev–Trinajstić information content (AvgIpc) is 2.39. The molecular formula is C14H11ClO4. The van der Waals surface area contributed by atoms with E-state index in [1.54, 1.807) is 24.3 Å². The van der Waals surface area contributed by atoms with Crippen LogP contribution in [0.4, 0.5) is 0 Å². The molecule has 0 unspecified atom stereocenters. The third kappa shape index (κ3) is 3.39. The van der Waals surface area contributed by atoms with Crippen molar-refractivity contribution in [3.8, 4) is 11.5 Å². The van der Waals surface area contributed by atoms with E-state index in [1.807, 2.05) is 0 Å². The van der Waals surface area contributed by atoms with Crippen LogP contribution in [0.1, 0.15) is 15.9 Å². The van der Waals surface area contributed by atoms with E-state index in [2.05, 4.69) is 0 Å². The number of carboxylic acid groups (broad SMARTS) is 1. The molecule has 2 rings (SSSR count). The summed E-state index contributed by atoms with van der Waals surface area (Å²) in [5.41, 5.74) is 0.649. The Hall–Kier alpha value is -2.20. The second-order valence-corrected chi connectivity index (χ2v) is 4.33. The van der Waals surface area contributed by atoms with Gasteiger partial charge in [-0.1, -0.05) is 17.7 Å². The molecule has 0 atom stereocenters. The van der Waals surface area contributed by atoms with Crippen molar-refractivity contribution in [1.82, 2.24) is 0 Å². The molecule has 19 heavy (non-hydrogen) atoms. The number of aromatic hydroxyl groups is 1. The van der Waals surface area contributed by atoms with Gasteiger partial charge in [-0.25, -0.2) is 4.79 Å². The number of phenolic OH excluding ortho intramolecular Hbond substituents is 1. The number of aromatic carboxylic acids is 1. The molecule has 0 saturated carbocycles. The van der Waals surface area contributed by atoms with E-state index in [9.17, 15) is 4.79 Å². The van der Waals surface area contributed by atoms with Crippen molar-refractivity contribution in [2.45, 2.75) is 6.61 Å². The number of ether oxygens (including phenoxy) is 1. The highest BCUT2D eigenvalue weighted by atomic mass is 35.5. The Morgan fingerprint density at radius 2 is 1.84 bits per heavy atom. The molecule has 0 bridgehead atoms. The van der Waals surface area contributed by atoms with Gasteiger partial charge in [0.25, 0.3) is 0 Å². The molecule has 0 radical (unpaired) electrons. The third-order valence-corrected chi connectivity index (χ3v) is 2.77. The highest BCUT2D eigenvalue weighted by molar-refractivity contribution is 6.30. The van der Waals surface area contributed by atoms with Crippen molar-refractivity contribution in [3.05, 3.63) is 58.6 Å². The smallest absolute Gasteiger partial charge is 0.336 e. The first-order valence-corrected chi connectivity index (χ1v) is 5.87. The summed E-state index contributed by atoms with van der Waals surface area (Å²) in [6.45, 7) is 0.115. The first-order valence-electron chi connectivity index (χ1n) is 5.50. The monoisotopic (exact) mass is 278 g/mol. The zero-order valence-electron chi connectivity index (χ0n) is 9.84.